The summed E-state index contributed by atoms with van der Waals surface area (Å²) in [4.78, 5) is 15.5. The summed E-state index contributed by atoms with van der Waals surface area (Å²) in [6, 6.07) is 1.38. The van der Waals surface area contributed by atoms with Crippen molar-refractivity contribution in [3.05, 3.63) is 29.8 Å². The van der Waals surface area contributed by atoms with Crippen molar-refractivity contribution < 1.29 is 13.9 Å². The molecule has 1 aromatic rings. The molecule has 2 heterocycles. The number of nitrogens with zero attached hydrogens (tertiary/aromatic N) is 1. The third-order valence-corrected chi connectivity index (χ3v) is 3.46. The van der Waals surface area contributed by atoms with Gasteiger partial charge < -0.3 is 10.1 Å². The van der Waals surface area contributed by atoms with E-state index in [0.29, 0.717) is 18.4 Å². The molecule has 1 aliphatic heterocycles. The minimum atomic E-state index is -0.594. The largest absolute Gasteiger partial charge is 0.378 e. The molecule has 19 heavy (non-hydrogen) atoms. The van der Waals surface area contributed by atoms with Gasteiger partial charge in [-0.1, -0.05) is 13.8 Å². The van der Waals surface area contributed by atoms with Crippen LogP contribution in [-0.2, 0) is 4.74 Å². The molecule has 1 fully saturated rings. The van der Waals surface area contributed by atoms with Crippen molar-refractivity contribution >= 4 is 5.91 Å². The maximum Gasteiger partial charge on any atom is 0.254 e. The minimum absolute atomic E-state index is 0.0370. The van der Waals surface area contributed by atoms with E-state index >= 15 is 0 Å². The van der Waals surface area contributed by atoms with E-state index < -0.39 is 11.7 Å². The summed E-state index contributed by atoms with van der Waals surface area (Å²) in [7, 11) is 0. The number of rotatable bonds is 4. The number of amides is 1. The van der Waals surface area contributed by atoms with Crippen molar-refractivity contribution in [3.63, 3.8) is 0 Å². The summed E-state index contributed by atoms with van der Waals surface area (Å²) in [5.41, 5.74) is 0.0370. The average Bonchev–Trinajstić information content (AvgIpc) is 2.85. The predicted octanol–water partition coefficient (Wildman–Crippen LogP) is 2.01. The van der Waals surface area contributed by atoms with Gasteiger partial charge in [0.2, 0.25) is 0 Å². The lowest BCUT2D eigenvalue weighted by Crippen LogP contribution is -2.35. The Morgan fingerprint density at radius 1 is 1.63 bits per heavy atom. The molecule has 1 N–H and O–H groups in total. The third-order valence-electron chi connectivity index (χ3n) is 3.46. The maximum absolute atomic E-state index is 13.4. The zero-order valence-corrected chi connectivity index (χ0v) is 11.2. The lowest BCUT2D eigenvalue weighted by molar-refractivity contribution is 0.0533. The fraction of sp³-hybridized carbons (Fsp3) is 0.571. The molecule has 1 saturated heterocycles. The number of hydrogen-bond donors (Lipinski definition) is 1. The highest BCUT2D eigenvalue weighted by Crippen LogP contribution is 2.26. The van der Waals surface area contributed by atoms with E-state index in [4.69, 9.17) is 4.74 Å². The lowest BCUT2D eigenvalue weighted by Gasteiger charge is -2.22. The first-order valence-electron chi connectivity index (χ1n) is 6.59. The Hall–Kier alpha value is -1.49. The molecule has 0 spiro atoms. The van der Waals surface area contributed by atoms with Gasteiger partial charge >= 0.3 is 0 Å². The fourth-order valence-corrected chi connectivity index (χ4v) is 2.49. The molecule has 2 rings (SSSR count). The van der Waals surface area contributed by atoms with Crippen LogP contribution in [0.1, 0.15) is 30.6 Å². The van der Waals surface area contributed by atoms with Gasteiger partial charge in [0, 0.05) is 25.3 Å². The van der Waals surface area contributed by atoms with Crippen LogP contribution in [0.2, 0.25) is 0 Å². The Morgan fingerprint density at radius 3 is 3.11 bits per heavy atom. The molecule has 0 saturated carbocycles. The van der Waals surface area contributed by atoms with Crippen molar-refractivity contribution in [2.24, 2.45) is 11.8 Å². The van der Waals surface area contributed by atoms with Crippen LogP contribution in [0.15, 0.2) is 18.5 Å². The van der Waals surface area contributed by atoms with E-state index in [1.807, 2.05) is 0 Å². The number of carbonyl (C=O) groups excluding carboxylic acids is 1. The van der Waals surface area contributed by atoms with Crippen LogP contribution in [0.25, 0.3) is 0 Å². The zero-order valence-electron chi connectivity index (χ0n) is 11.2. The molecule has 0 unspecified atom stereocenters. The van der Waals surface area contributed by atoms with E-state index in [0.717, 1.165) is 19.2 Å². The van der Waals surface area contributed by atoms with Gasteiger partial charge in [0.15, 0.2) is 5.82 Å². The Labute approximate surface area is 112 Å². The van der Waals surface area contributed by atoms with Crippen molar-refractivity contribution in [2.45, 2.75) is 26.4 Å². The highest BCUT2D eigenvalue weighted by atomic mass is 19.1. The topological polar surface area (TPSA) is 51.2 Å². The number of halogens is 1. The van der Waals surface area contributed by atoms with Crippen molar-refractivity contribution in [1.82, 2.24) is 10.3 Å². The van der Waals surface area contributed by atoms with Gasteiger partial charge in [0.25, 0.3) is 5.91 Å². The second kappa shape index (κ2) is 6.10. The summed E-state index contributed by atoms with van der Waals surface area (Å²) in [5.74, 6) is -0.270. The quantitative estimate of drug-likeness (QED) is 0.907. The fourth-order valence-electron chi connectivity index (χ4n) is 2.49. The normalized spacial score (nSPS) is 22.7. The Bertz CT molecular complexity index is 451. The number of carbonyl (C=O) groups is 1. The summed E-state index contributed by atoms with van der Waals surface area (Å²) in [5, 5.41) is 2.78. The molecule has 2 atom stereocenters. The van der Waals surface area contributed by atoms with Gasteiger partial charge in [-0.25, -0.2) is 4.39 Å². The van der Waals surface area contributed by atoms with E-state index in [2.05, 4.69) is 24.1 Å². The summed E-state index contributed by atoms with van der Waals surface area (Å²) in [6.07, 6.45) is 3.56. The molecular formula is C14H19FN2O2. The molecule has 0 radical (unpaired) electrons. The molecule has 0 aliphatic carbocycles. The van der Waals surface area contributed by atoms with Crippen LogP contribution in [0.3, 0.4) is 0 Å². The van der Waals surface area contributed by atoms with Gasteiger partial charge in [0.05, 0.1) is 17.9 Å². The molecular weight excluding hydrogens is 247 g/mol. The molecule has 0 aromatic carbocycles. The summed E-state index contributed by atoms with van der Waals surface area (Å²) in [6.45, 7) is 5.46. The highest BCUT2D eigenvalue weighted by Gasteiger charge is 2.30. The first-order chi connectivity index (χ1) is 9.09. The third kappa shape index (κ3) is 3.29. The van der Waals surface area contributed by atoms with Crippen LogP contribution < -0.4 is 5.32 Å². The number of hydrogen-bond acceptors (Lipinski definition) is 3. The standard InChI is InChI=1S/C14H19FN2O2/c1-9(2)13-10(4-6-19-13)7-17-14(18)11-3-5-16-8-12(11)15/h3,5,8-10,13H,4,6-7H2,1-2H3,(H,17,18)/t10-,13-/m1/s1. The smallest absolute Gasteiger partial charge is 0.254 e. The van der Waals surface area contributed by atoms with Crippen LogP contribution >= 0.6 is 0 Å². The Balaban J connectivity index is 1.92. The van der Waals surface area contributed by atoms with E-state index in [-0.39, 0.29) is 11.7 Å². The van der Waals surface area contributed by atoms with E-state index in [1.165, 1.54) is 12.3 Å². The Morgan fingerprint density at radius 2 is 2.42 bits per heavy atom. The molecule has 1 amide bonds. The molecule has 104 valence electrons. The number of pyridine rings is 1. The van der Waals surface area contributed by atoms with Crippen LogP contribution in [0.4, 0.5) is 4.39 Å². The minimum Gasteiger partial charge on any atom is -0.378 e. The number of aromatic nitrogens is 1. The van der Waals surface area contributed by atoms with Gasteiger partial charge in [0.1, 0.15) is 0 Å². The summed E-state index contributed by atoms with van der Waals surface area (Å²) < 4.78 is 19.1. The Kier molecular flexibility index (Phi) is 4.47. The molecule has 1 aliphatic rings. The number of ether oxygens (including phenoxy) is 1. The maximum atomic E-state index is 13.4. The average molecular weight is 266 g/mol. The highest BCUT2D eigenvalue weighted by molar-refractivity contribution is 5.94. The van der Waals surface area contributed by atoms with Gasteiger partial charge in [-0.2, -0.15) is 0 Å². The molecule has 5 heteroatoms. The monoisotopic (exact) mass is 266 g/mol. The second-order valence-electron chi connectivity index (χ2n) is 5.19. The van der Waals surface area contributed by atoms with E-state index in [9.17, 15) is 9.18 Å². The zero-order chi connectivity index (χ0) is 13.8. The van der Waals surface area contributed by atoms with E-state index in [1.54, 1.807) is 0 Å². The first kappa shape index (κ1) is 13.9. The first-order valence-corrected chi connectivity index (χ1v) is 6.59. The van der Waals surface area contributed by atoms with Gasteiger partial charge in [-0.15, -0.1) is 0 Å². The van der Waals surface area contributed by atoms with Gasteiger partial charge in [-0.05, 0) is 18.4 Å². The molecule has 0 bridgehead atoms. The second-order valence-corrected chi connectivity index (χ2v) is 5.19. The van der Waals surface area contributed by atoms with Crippen LogP contribution in [0.5, 0.6) is 0 Å². The molecule has 4 nitrogen and oxygen atoms in total. The predicted molar refractivity (Wildman–Crippen MR) is 69.2 cm³/mol. The van der Waals surface area contributed by atoms with Crippen LogP contribution in [0, 0.1) is 17.7 Å². The summed E-state index contributed by atoms with van der Waals surface area (Å²) >= 11 is 0. The van der Waals surface area contributed by atoms with Crippen LogP contribution in [-0.4, -0.2) is 30.1 Å². The van der Waals surface area contributed by atoms with Crippen molar-refractivity contribution in [2.75, 3.05) is 13.2 Å². The lowest BCUT2D eigenvalue weighted by atomic mass is 9.93. The molecule has 1 aromatic heterocycles. The van der Waals surface area contributed by atoms with Gasteiger partial charge in [-0.3, -0.25) is 9.78 Å². The van der Waals surface area contributed by atoms with Crippen molar-refractivity contribution in [3.8, 4) is 0 Å². The van der Waals surface area contributed by atoms with Crippen molar-refractivity contribution in [1.29, 1.82) is 0 Å². The number of nitrogens with one attached hydrogen (secondary N) is 1. The SMILES string of the molecule is CC(C)[C@H]1OCC[C@@H]1CNC(=O)c1ccncc1F.